The Labute approximate surface area is 211 Å². The predicted octanol–water partition coefficient (Wildman–Crippen LogP) is 4.65. The molecule has 6 nitrogen and oxygen atoms in total. The fourth-order valence-corrected chi connectivity index (χ4v) is 3.77. The fourth-order valence-electron chi connectivity index (χ4n) is 3.77. The molecule has 0 radical (unpaired) electrons. The minimum Gasteiger partial charge on any atom is -0.370 e. The highest BCUT2D eigenvalue weighted by Crippen LogP contribution is 2.20. The first-order valence-corrected chi connectivity index (χ1v) is 11.0. The Morgan fingerprint density at radius 2 is 1.64 bits per heavy atom. The number of hydrogen-bond donors (Lipinski definition) is 2. The quantitative estimate of drug-likeness (QED) is 0.261. The van der Waals surface area contributed by atoms with E-state index in [4.69, 9.17) is 5.73 Å². The van der Waals surface area contributed by atoms with E-state index in [9.17, 15) is 4.39 Å². The van der Waals surface area contributed by atoms with Crippen molar-refractivity contribution in [3.05, 3.63) is 83.8 Å². The van der Waals surface area contributed by atoms with Crippen molar-refractivity contribution < 1.29 is 4.39 Å². The standard InChI is InChI=1S/C25H29FN6.HI/c1-2-19-3-7-22(8-4-19)30-25(27)29-18-20-11-12-28-24(17-20)32-15-13-31(14-16-32)23-9-5-21(26)6-10-23;/h3-12,17H,2,13-16,18H2,1H3,(H3,27,29,30);1H. The van der Waals surface area contributed by atoms with Crippen LogP contribution in [-0.2, 0) is 13.0 Å². The van der Waals surface area contributed by atoms with Gasteiger partial charge in [-0.25, -0.2) is 14.4 Å². The van der Waals surface area contributed by atoms with Crippen molar-refractivity contribution in [1.82, 2.24) is 4.98 Å². The first-order valence-electron chi connectivity index (χ1n) is 11.0. The smallest absolute Gasteiger partial charge is 0.193 e. The number of guanidine groups is 1. The number of rotatable bonds is 6. The number of nitrogens with one attached hydrogen (secondary N) is 1. The number of aryl methyl sites for hydroxylation is 1. The number of halogens is 2. The second-order valence-corrected chi connectivity index (χ2v) is 7.85. The normalized spacial score (nSPS) is 14.1. The van der Waals surface area contributed by atoms with Crippen LogP contribution in [0.25, 0.3) is 0 Å². The van der Waals surface area contributed by atoms with Gasteiger partial charge in [-0.15, -0.1) is 24.0 Å². The molecule has 1 aromatic heterocycles. The number of piperazine rings is 1. The summed E-state index contributed by atoms with van der Waals surface area (Å²) >= 11 is 0. The lowest BCUT2D eigenvalue weighted by Gasteiger charge is -2.36. The first-order chi connectivity index (χ1) is 15.6. The maximum Gasteiger partial charge on any atom is 0.193 e. The van der Waals surface area contributed by atoms with Gasteiger partial charge in [0.15, 0.2) is 5.96 Å². The molecule has 1 aliphatic rings. The summed E-state index contributed by atoms with van der Waals surface area (Å²) in [6.45, 7) is 6.06. The van der Waals surface area contributed by atoms with Gasteiger partial charge in [0.2, 0.25) is 0 Å². The fraction of sp³-hybridized carbons (Fsp3) is 0.280. The summed E-state index contributed by atoms with van der Waals surface area (Å²) < 4.78 is 13.2. The third-order valence-corrected chi connectivity index (χ3v) is 5.67. The van der Waals surface area contributed by atoms with E-state index in [1.165, 1.54) is 17.7 Å². The van der Waals surface area contributed by atoms with E-state index in [2.05, 4.69) is 50.2 Å². The second kappa shape index (κ2) is 11.8. The Balaban J connectivity index is 0.00000306. The third kappa shape index (κ3) is 6.80. The summed E-state index contributed by atoms with van der Waals surface area (Å²) in [5.41, 5.74) is 10.4. The minimum atomic E-state index is -0.207. The minimum absolute atomic E-state index is 0. The average Bonchev–Trinajstić information content (AvgIpc) is 2.84. The van der Waals surface area contributed by atoms with E-state index < -0.39 is 0 Å². The van der Waals surface area contributed by atoms with Crippen molar-refractivity contribution >= 4 is 47.1 Å². The molecule has 1 aliphatic heterocycles. The van der Waals surface area contributed by atoms with Crippen molar-refractivity contribution in [2.45, 2.75) is 19.9 Å². The van der Waals surface area contributed by atoms with Gasteiger partial charge < -0.3 is 20.9 Å². The van der Waals surface area contributed by atoms with Gasteiger partial charge in [0.05, 0.1) is 6.54 Å². The highest BCUT2D eigenvalue weighted by atomic mass is 127. The van der Waals surface area contributed by atoms with E-state index in [1.54, 1.807) is 0 Å². The van der Waals surface area contributed by atoms with E-state index >= 15 is 0 Å². The molecule has 174 valence electrons. The Morgan fingerprint density at radius 3 is 2.30 bits per heavy atom. The van der Waals surface area contributed by atoms with Crippen molar-refractivity contribution in [2.24, 2.45) is 10.7 Å². The number of aliphatic imine (C=N–C) groups is 1. The summed E-state index contributed by atoms with van der Waals surface area (Å²) in [7, 11) is 0. The van der Waals surface area contributed by atoms with Crippen molar-refractivity contribution in [1.29, 1.82) is 0 Å². The zero-order valence-electron chi connectivity index (χ0n) is 18.7. The average molecular weight is 560 g/mol. The molecular formula is C25H30FIN6. The lowest BCUT2D eigenvalue weighted by atomic mass is 10.1. The van der Waals surface area contributed by atoms with Crippen LogP contribution in [0.3, 0.4) is 0 Å². The molecule has 1 fully saturated rings. The summed E-state index contributed by atoms with van der Waals surface area (Å²) in [5, 5.41) is 3.14. The molecule has 2 aromatic carbocycles. The Bertz CT molecular complexity index is 1050. The van der Waals surface area contributed by atoms with Gasteiger partial charge in [0, 0.05) is 43.8 Å². The molecular weight excluding hydrogens is 530 g/mol. The molecule has 0 spiro atoms. The van der Waals surface area contributed by atoms with Gasteiger partial charge in [-0.1, -0.05) is 19.1 Å². The number of nitrogens with two attached hydrogens (primary N) is 1. The number of pyridine rings is 1. The van der Waals surface area contributed by atoms with Crippen LogP contribution in [0.15, 0.2) is 71.9 Å². The Morgan fingerprint density at radius 1 is 0.970 bits per heavy atom. The number of hydrogen-bond acceptors (Lipinski definition) is 4. The molecule has 8 heteroatoms. The van der Waals surface area contributed by atoms with Gasteiger partial charge in [-0.3, -0.25) is 0 Å². The van der Waals surface area contributed by atoms with Gasteiger partial charge in [0.25, 0.3) is 0 Å². The summed E-state index contributed by atoms with van der Waals surface area (Å²) in [4.78, 5) is 13.6. The van der Waals surface area contributed by atoms with Crippen molar-refractivity contribution in [3.8, 4) is 0 Å². The highest BCUT2D eigenvalue weighted by Gasteiger charge is 2.18. The SMILES string of the molecule is CCc1ccc(NC(N)=NCc2ccnc(N3CCN(c4ccc(F)cc4)CC3)c2)cc1.I. The molecule has 3 N–H and O–H groups in total. The van der Waals surface area contributed by atoms with Gasteiger partial charge >= 0.3 is 0 Å². The van der Waals surface area contributed by atoms with Crippen LogP contribution in [-0.4, -0.2) is 37.1 Å². The lowest BCUT2D eigenvalue weighted by Crippen LogP contribution is -2.46. The highest BCUT2D eigenvalue weighted by molar-refractivity contribution is 14.0. The summed E-state index contributed by atoms with van der Waals surface area (Å²) in [5.74, 6) is 1.12. The van der Waals surface area contributed by atoms with E-state index in [1.807, 2.05) is 36.5 Å². The molecule has 0 saturated carbocycles. The Hall–Kier alpha value is -2.88. The van der Waals surface area contributed by atoms with Crippen molar-refractivity contribution in [3.63, 3.8) is 0 Å². The van der Waals surface area contributed by atoms with Crippen LogP contribution in [0, 0.1) is 5.82 Å². The van der Waals surface area contributed by atoms with Crippen LogP contribution in [0.4, 0.5) is 21.6 Å². The van der Waals surface area contributed by atoms with Crippen LogP contribution < -0.4 is 20.9 Å². The Kier molecular flexibility index (Phi) is 8.87. The van der Waals surface area contributed by atoms with E-state index in [0.29, 0.717) is 12.5 Å². The molecule has 4 rings (SSSR count). The predicted molar refractivity (Wildman–Crippen MR) is 145 cm³/mol. The summed E-state index contributed by atoms with van der Waals surface area (Å²) in [6, 6.07) is 18.9. The molecule has 33 heavy (non-hydrogen) atoms. The van der Waals surface area contributed by atoms with Gasteiger partial charge in [-0.05, 0) is 66.1 Å². The maximum absolute atomic E-state index is 13.2. The van der Waals surface area contributed by atoms with Gasteiger partial charge in [-0.2, -0.15) is 0 Å². The molecule has 0 amide bonds. The molecule has 0 bridgehead atoms. The van der Waals surface area contributed by atoms with Crippen LogP contribution in [0.2, 0.25) is 0 Å². The van der Waals surface area contributed by atoms with Crippen LogP contribution in [0.5, 0.6) is 0 Å². The molecule has 2 heterocycles. The maximum atomic E-state index is 13.2. The van der Waals surface area contributed by atoms with Crippen molar-refractivity contribution in [2.75, 3.05) is 41.3 Å². The number of anilines is 3. The summed E-state index contributed by atoms with van der Waals surface area (Å²) in [6.07, 6.45) is 2.83. The third-order valence-electron chi connectivity index (χ3n) is 5.67. The molecule has 0 unspecified atom stereocenters. The first kappa shape index (κ1) is 24.8. The lowest BCUT2D eigenvalue weighted by molar-refractivity contribution is 0.624. The molecule has 0 aliphatic carbocycles. The molecule has 0 atom stereocenters. The zero-order valence-corrected chi connectivity index (χ0v) is 21.1. The van der Waals surface area contributed by atoms with E-state index in [0.717, 1.165) is 55.4 Å². The number of nitrogens with zero attached hydrogens (tertiary/aromatic N) is 4. The number of aromatic nitrogens is 1. The monoisotopic (exact) mass is 560 g/mol. The van der Waals surface area contributed by atoms with Crippen LogP contribution >= 0.6 is 24.0 Å². The zero-order chi connectivity index (χ0) is 22.3. The van der Waals surface area contributed by atoms with Gasteiger partial charge in [0.1, 0.15) is 11.6 Å². The van der Waals surface area contributed by atoms with Crippen LogP contribution in [0.1, 0.15) is 18.1 Å². The molecule has 3 aromatic rings. The molecule has 1 saturated heterocycles. The topological polar surface area (TPSA) is 69.8 Å². The number of benzene rings is 2. The van der Waals surface area contributed by atoms with E-state index in [-0.39, 0.29) is 29.8 Å². The largest absolute Gasteiger partial charge is 0.370 e. The second-order valence-electron chi connectivity index (χ2n) is 7.85.